The second-order valence-electron chi connectivity index (χ2n) is 6.38. The second kappa shape index (κ2) is 7.46. The van der Waals surface area contributed by atoms with Gasteiger partial charge in [-0.2, -0.15) is 5.10 Å². The van der Waals surface area contributed by atoms with E-state index in [1.54, 1.807) is 13.8 Å². The topological polar surface area (TPSA) is 122 Å². The maximum absolute atomic E-state index is 12.7. The van der Waals surface area contributed by atoms with Gasteiger partial charge in [-0.25, -0.2) is 4.68 Å². The van der Waals surface area contributed by atoms with E-state index in [-0.39, 0.29) is 17.7 Å². The molecule has 24 heavy (non-hydrogen) atoms. The second-order valence-corrected chi connectivity index (χ2v) is 6.38. The van der Waals surface area contributed by atoms with Crippen molar-refractivity contribution in [1.29, 1.82) is 0 Å². The lowest BCUT2D eigenvalue weighted by Crippen LogP contribution is -2.38. The third-order valence-electron chi connectivity index (χ3n) is 4.21. The van der Waals surface area contributed by atoms with E-state index < -0.39 is 35.3 Å². The third-order valence-corrected chi connectivity index (χ3v) is 4.21. The minimum absolute atomic E-state index is 0.102. The van der Waals surface area contributed by atoms with E-state index in [4.69, 9.17) is 5.11 Å². The fraction of sp³-hybridized carbons (Fsp3) is 0.625. The largest absolute Gasteiger partial charge is 0.505 e. The van der Waals surface area contributed by atoms with Gasteiger partial charge in [0.05, 0.1) is 6.04 Å². The molecule has 0 radical (unpaired) electrons. The summed E-state index contributed by atoms with van der Waals surface area (Å²) in [7, 11) is 0. The highest BCUT2D eigenvalue weighted by Crippen LogP contribution is 2.30. The molecule has 3 N–H and O–H groups in total. The van der Waals surface area contributed by atoms with Crippen LogP contribution in [-0.4, -0.2) is 38.4 Å². The Balaban J connectivity index is 2.51. The molecule has 1 aliphatic carbocycles. The molecular formula is C16H23N3O5. The summed E-state index contributed by atoms with van der Waals surface area (Å²) in [5.41, 5.74) is -0.840. The van der Waals surface area contributed by atoms with Crippen LogP contribution in [-0.2, 0) is 4.79 Å². The Morgan fingerprint density at radius 3 is 2.46 bits per heavy atom. The molecule has 1 aliphatic rings. The van der Waals surface area contributed by atoms with Gasteiger partial charge in [-0.05, 0) is 12.8 Å². The highest BCUT2D eigenvalue weighted by molar-refractivity contribution is 5.98. The van der Waals surface area contributed by atoms with Crippen LogP contribution in [0, 0.1) is 0 Å². The van der Waals surface area contributed by atoms with E-state index in [2.05, 4.69) is 10.4 Å². The zero-order chi connectivity index (χ0) is 17.9. The van der Waals surface area contributed by atoms with Crippen molar-refractivity contribution in [3.63, 3.8) is 0 Å². The van der Waals surface area contributed by atoms with Crippen molar-refractivity contribution in [2.75, 3.05) is 6.54 Å². The third kappa shape index (κ3) is 3.74. The van der Waals surface area contributed by atoms with Gasteiger partial charge >= 0.3 is 5.97 Å². The van der Waals surface area contributed by atoms with Crippen molar-refractivity contribution in [1.82, 2.24) is 15.1 Å². The molecule has 1 heterocycles. The summed E-state index contributed by atoms with van der Waals surface area (Å²) < 4.78 is 1.30. The quantitative estimate of drug-likeness (QED) is 0.746. The molecule has 0 aromatic carbocycles. The van der Waals surface area contributed by atoms with Crippen LogP contribution in [0.1, 0.15) is 74.0 Å². The molecule has 8 heteroatoms. The minimum atomic E-state index is -1.23. The molecule has 0 atom stereocenters. The number of aromatic hydroxyl groups is 1. The standard InChI is InChI=1S/C16H23N3O5/c1-9(2)13-14(22)12(15(23)17-8-11(20)21)16(24)19(18-13)10-6-4-3-5-7-10/h9-10,22H,3-8H2,1-2H3,(H,17,23)(H,20,21). The SMILES string of the molecule is CC(C)c1nn(C2CCCCC2)c(=O)c(C(=O)NCC(=O)O)c1O. The summed E-state index contributed by atoms with van der Waals surface area (Å²) in [4.78, 5) is 35.5. The average Bonchev–Trinajstić information content (AvgIpc) is 2.53. The van der Waals surface area contributed by atoms with Gasteiger partial charge < -0.3 is 15.5 Å². The molecule has 1 aromatic rings. The Labute approximate surface area is 139 Å². The van der Waals surface area contributed by atoms with Crippen molar-refractivity contribution in [2.24, 2.45) is 0 Å². The molecule has 0 spiro atoms. The molecule has 2 rings (SSSR count). The van der Waals surface area contributed by atoms with Crippen LogP contribution in [0.5, 0.6) is 5.75 Å². The number of aromatic nitrogens is 2. The number of nitrogens with zero attached hydrogens (tertiary/aromatic N) is 2. The lowest BCUT2D eigenvalue weighted by Gasteiger charge is -2.24. The predicted molar refractivity (Wildman–Crippen MR) is 86.3 cm³/mol. The first kappa shape index (κ1) is 18.0. The summed E-state index contributed by atoms with van der Waals surface area (Å²) in [5.74, 6) is -2.78. The number of aliphatic carboxylic acids is 1. The van der Waals surface area contributed by atoms with Crippen LogP contribution in [0.25, 0.3) is 0 Å². The van der Waals surface area contributed by atoms with Gasteiger partial charge in [0.1, 0.15) is 17.8 Å². The molecule has 0 aliphatic heterocycles. The summed E-state index contributed by atoms with van der Waals surface area (Å²) in [6.07, 6.45) is 4.66. The summed E-state index contributed by atoms with van der Waals surface area (Å²) >= 11 is 0. The molecule has 8 nitrogen and oxygen atoms in total. The Morgan fingerprint density at radius 1 is 1.29 bits per heavy atom. The molecule has 1 saturated carbocycles. The van der Waals surface area contributed by atoms with Gasteiger partial charge in [-0.1, -0.05) is 33.1 Å². The van der Waals surface area contributed by atoms with Crippen molar-refractivity contribution in [3.8, 4) is 5.75 Å². The fourth-order valence-electron chi connectivity index (χ4n) is 2.96. The minimum Gasteiger partial charge on any atom is -0.505 e. The average molecular weight is 337 g/mol. The number of carboxylic acid groups (broad SMARTS) is 1. The first-order valence-corrected chi connectivity index (χ1v) is 8.18. The van der Waals surface area contributed by atoms with Gasteiger partial charge in [0.15, 0.2) is 5.75 Å². The van der Waals surface area contributed by atoms with E-state index in [1.807, 2.05) is 0 Å². The maximum Gasteiger partial charge on any atom is 0.322 e. The van der Waals surface area contributed by atoms with E-state index in [0.29, 0.717) is 0 Å². The van der Waals surface area contributed by atoms with Crippen molar-refractivity contribution >= 4 is 11.9 Å². The Kier molecular flexibility index (Phi) is 5.58. The van der Waals surface area contributed by atoms with Gasteiger partial charge in [0.25, 0.3) is 11.5 Å². The lowest BCUT2D eigenvalue weighted by atomic mass is 9.95. The first-order valence-electron chi connectivity index (χ1n) is 8.18. The molecule has 0 unspecified atom stereocenters. The van der Waals surface area contributed by atoms with Crippen LogP contribution in [0.15, 0.2) is 4.79 Å². The van der Waals surface area contributed by atoms with Crippen LogP contribution in [0.3, 0.4) is 0 Å². The molecular weight excluding hydrogens is 314 g/mol. The van der Waals surface area contributed by atoms with E-state index in [1.165, 1.54) is 4.68 Å². The molecule has 1 aromatic heterocycles. The smallest absolute Gasteiger partial charge is 0.322 e. The number of amides is 1. The van der Waals surface area contributed by atoms with E-state index >= 15 is 0 Å². The zero-order valence-corrected chi connectivity index (χ0v) is 13.9. The Hall–Kier alpha value is -2.38. The van der Waals surface area contributed by atoms with Gasteiger partial charge in [0.2, 0.25) is 0 Å². The van der Waals surface area contributed by atoms with Crippen molar-refractivity contribution in [3.05, 3.63) is 21.6 Å². The number of carbonyl (C=O) groups excluding carboxylic acids is 1. The lowest BCUT2D eigenvalue weighted by molar-refractivity contribution is -0.135. The highest BCUT2D eigenvalue weighted by atomic mass is 16.4. The van der Waals surface area contributed by atoms with E-state index in [0.717, 1.165) is 32.1 Å². The maximum atomic E-state index is 12.7. The van der Waals surface area contributed by atoms with Gasteiger partial charge in [-0.15, -0.1) is 0 Å². The fourth-order valence-corrected chi connectivity index (χ4v) is 2.96. The summed E-state index contributed by atoms with van der Waals surface area (Å²) in [6.45, 7) is 2.98. The van der Waals surface area contributed by atoms with Gasteiger partial charge in [0, 0.05) is 5.92 Å². The van der Waals surface area contributed by atoms with Crippen LogP contribution >= 0.6 is 0 Å². The molecule has 0 bridgehead atoms. The van der Waals surface area contributed by atoms with Crippen LogP contribution in [0.2, 0.25) is 0 Å². The summed E-state index contributed by atoms with van der Waals surface area (Å²) in [5, 5.41) is 25.4. The number of rotatable bonds is 5. The molecule has 132 valence electrons. The molecule has 1 fully saturated rings. The van der Waals surface area contributed by atoms with Crippen molar-refractivity contribution in [2.45, 2.75) is 57.9 Å². The van der Waals surface area contributed by atoms with Gasteiger partial charge in [-0.3, -0.25) is 14.4 Å². The Morgan fingerprint density at radius 2 is 1.92 bits per heavy atom. The number of hydrogen-bond acceptors (Lipinski definition) is 5. The number of carboxylic acids is 1. The molecule has 1 amide bonds. The van der Waals surface area contributed by atoms with Crippen LogP contribution < -0.4 is 10.9 Å². The van der Waals surface area contributed by atoms with E-state index in [9.17, 15) is 19.5 Å². The van der Waals surface area contributed by atoms with Crippen LogP contribution in [0.4, 0.5) is 0 Å². The highest BCUT2D eigenvalue weighted by Gasteiger charge is 2.27. The molecule has 0 saturated heterocycles. The zero-order valence-electron chi connectivity index (χ0n) is 13.9. The number of nitrogens with one attached hydrogen (secondary N) is 1. The summed E-state index contributed by atoms with van der Waals surface area (Å²) in [6, 6.07) is -0.102. The first-order chi connectivity index (χ1) is 11.3. The normalized spacial score (nSPS) is 15.5. The number of hydrogen-bond donors (Lipinski definition) is 3. The number of carbonyl (C=O) groups is 2. The monoisotopic (exact) mass is 337 g/mol. The Bertz CT molecular complexity index is 690. The predicted octanol–water partition coefficient (Wildman–Crippen LogP) is 1.39. The van der Waals surface area contributed by atoms with Crippen molar-refractivity contribution < 1.29 is 19.8 Å².